The van der Waals surface area contributed by atoms with Gasteiger partial charge in [-0.1, -0.05) is 11.6 Å². The van der Waals surface area contributed by atoms with Gasteiger partial charge < -0.3 is 19.9 Å². The Labute approximate surface area is 162 Å². The number of hydrogen-bond donors (Lipinski definition) is 1. The zero-order valence-electron chi connectivity index (χ0n) is 15.0. The van der Waals surface area contributed by atoms with Crippen LogP contribution in [0.4, 0.5) is 9.18 Å². The fourth-order valence-electron chi connectivity index (χ4n) is 4.12. The quantitative estimate of drug-likeness (QED) is 0.855. The molecule has 0 aliphatic carbocycles. The molecule has 146 valence electrons. The summed E-state index contributed by atoms with van der Waals surface area (Å²) in [6.07, 6.45) is 3.10. The van der Waals surface area contributed by atoms with E-state index < -0.39 is 0 Å². The van der Waals surface area contributed by atoms with E-state index in [1.165, 1.54) is 18.2 Å². The highest BCUT2D eigenvalue weighted by Gasteiger charge is 2.50. The minimum Gasteiger partial charge on any atom is -0.492 e. The number of piperidine rings is 1. The van der Waals surface area contributed by atoms with E-state index in [2.05, 4.69) is 5.32 Å². The van der Waals surface area contributed by atoms with Crippen molar-refractivity contribution in [3.63, 3.8) is 0 Å². The van der Waals surface area contributed by atoms with Crippen molar-refractivity contribution in [2.75, 3.05) is 32.8 Å². The van der Waals surface area contributed by atoms with Crippen LogP contribution in [0.1, 0.15) is 25.7 Å². The first-order chi connectivity index (χ1) is 12.9. The first-order valence-electron chi connectivity index (χ1n) is 9.37. The molecule has 3 aliphatic rings. The van der Waals surface area contributed by atoms with Crippen LogP contribution in [-0.2, 0) is 4.79 Å². The van der Waals surface area contributed by atoms with Crippen molar-refractivity contribution in [1.82, 2.24) is 15.1 Å². The number of carbonyl (C=O) groups is 2. The average molecular weight is 396 g/mol. The molecule has 0 radical (unpaired) electrons. The van der Waals surface area contributed by atoms with E-state index in [0.717, 1.165) is 19.3 Å². The molecule has 3 saturated heterocycles. The van der Waals surface area contributed by atoms with Crippen molar-refractivity contribution in [2.24, 2.45) is 5.92 Å². The number of nitrogens with zero attached hydrogens (tertiary/aromatic N) is 2. The van der Waals surface area contributed by atoms with Gasteiger partial charge in [0.2, 0.25) is 5.91 Å². The molecule has 0 aromatic heterocycles. The molecule has 0 bridgehead atoms. The molecule has 3 heterocycles. The number of likely N-dealkylation sites (tertiary alicyclic amines) is 2. The SMILES string of the molecule is O=C1CCC2(CN(C(=O)N3CCC(COc4ccc(F)cc4Cl)CC3)C2)N1. The minimum atomic E-state index is -0.385. The molecule has 27 heavy (non-hydrogen) atoms. The van der Waals surface area contributed by atoms with E-state index in [-0.39, 0.29) is 28.3 Å². The van der Waals surface area contributed by atoms with E-state index in [4.69, 9.17) is 16.3 Å². The third-order valence-electron chi connectivity index (χ3n) is 5.75. The van der Waals surface area contributed by atoms with Crippen LogP contribution >= 0.6 is 11.6 Å². The lowest BCUT2D eigenvalue weighted by molar-refractivity contribution is -0.120. The number of urea groups is 1. The van der Waals surface area contributed by atoms with Crippen molar-refractivity contribution in [2.45, 2.75) is 31.2 Å². The molecule has 3 fully saturated rings. The van der Waals surface area contributed by atoms with Gasteiger partial charge in [0.25, 0.3) is 0 Å². The number of carbonyl (C=O) groups excluding carboxylic acids is 2. The summed E-state index contributed by atoms with van der Waals surface area (Å²) in [5, 5.41) is 3.27. The van der Waals surface area contributed by atoms with Gasteiger partial charge in [-0.3, -0.25) is 4.79 Å². The maximum absolute atomic E-state index is 13.1. The van der Waals surface area contributed by atoms with Crippen molar-refractivity contribution in [1.29, 1.82) is 0 Å². The molecule has 8 heteroatoms. The molecule has 6 nitrogen and oxygen atoms in total. The van der Waals surface area contributed by atoms with E-state index in [0.29, 0.717) is 50.9 Å². The van der Waals surface area contributed by atoms with Crippen LogP contribution in [0.25, 0.3) is 0 Å². The summed E-state index contributed by atoms with van der Waals surface area (Å²) >= 11 is 5.98. The predicted octanol–water partition coefficient (Wildman–Crippen LogP) is 2.65. The van der Waals surface area contributed by atoms with E-state index in [9.17, 15) is 14.0 Å². The fraction of sp³-hybridized carbons (Fsp3) is 0.579. The van der Waals surface area contributed by atoms with E-state index in [1.807, 2.05) is 9.80 Å². The van der Waals surface area contributed by atoms with Crippen LogP contribution in [0.2, 0.25) is 5.02 Å². The van der Waals surface area contributed by atoms with Gasteiger partial charge in [0.15, 0.2) is 0 Å². The molecule has 4 rings (SSSR count). The molecule has 1 aromatic carbocycles. The van der Waals surface area contributed by atoms with Gasteiger partial charge in [-0.15, -0.1) is 0 Å². The monoisotopic (exact) mass is 395 g/mol. The Morgan fingerprint density at radius 3 is 2.67 bits per heavy atom. The Bertz CT molecular complexity index is 746. The van der Waals surface area contributed by atoms with Gasteiger partial charge >= 0.3 is 6.03 Å². The number of rotatable bonds is 3. The molecular weight excluding hydrogens is 373 g/mol. The maximum Gasteiger partial charge on any atom is 0.320 e. The van der Waals surface area contributed by atoms with Crippen molar-refractivity contribution in [3.8, 4) is 5.75 Å². The van der Waals surface area contributed by atoms with Gasteiger partial charge in [-0.05, 0) is 43.4 Å². The number of nitrogens with one attached hydrogen (secondary N) is 1. The molecule has 0 unspecified atom stereocenters. The van der Waals surface area contributed by atoms with Gasteiger partial charge in [-0.25, -0.2) is 9.18 Å². The highest BCUT2D eigenvalue weighted by molar-refractivity contribution is 6.32. The Morgan fingerprint density at radius 2 is 2.04 bits per heavy atom. The Morgan fingerprint density at radius 1 is 1.30 bits per heavy atom. The molecule has 1 N–H and O–H groups in total. The standard InChI is InChI=1S/C19H23ClFN3O3/c20-15-9-14(21)1-2-16(15)27-10-13-4-7-23(8-5-13)18(26)24-11-19(12-24)6-3-17(25)22-19/h1-2,9,13H,3-8,10-12H2,(H,22,25). The number of halogens is 2. The first kappa shape index (κ1) is 18.3. The lowest BCUT2D eigenvalue weighted by atomic mass is 9.88. The zero-order chi connectivity index (χ0) is 19.0. The van der Waals surface area contributed by atoms with E-state index >= 15 is 0 Å². The zero-order valence-corrected chi connectivity index (χ0v) is 15.8. The average Bonchev–Trinajstić information content (AvgIpc) is 3.02. The molecule has 1 aromatic rings. The fourth-order valence-corrected chi connectivity index (χ4v) is 4.34. The van der Waals surface area contributed by atoms with Crippen molar-refractivity contribution < 1.29 is 18.7 Å². The third-order valence-corrected chi connectivity index (χ3v) is 6.04. The first-order valence-corrected chi connectivity index (χ1v) is 9.75. The molecule has 3 aliphatic heterocycles. The van der Waals surface area contributed by atoms with Gasteiger partial charge in [0, 0.05) is 32.6 Å². The molecule has 3 amide bonds. The summed E-state index contributed by atoms with van der Waals surface area (Å²) < 4.78 is 18.8. The number of ether oxygens (including phenoxy) is 1. The van der Waals surface area contributed by atoms with Crippen LogP contribution in [-0.4, -0.2) is 60.1 Å². The smallest absolute Gasteiger partial charge is 0.320 e. The molecule has 1 spiro atoms. The Hall–Kier alpha value is -2.02. The van der Waals surface area contributed by atoms with E-state index in [1.54, 1.807) is 0 Å². The summed E-state index contributed by atoms with van der Waals surface area (Å²) in [6, 6.07) is 4.17. The Balaban J connectivity index is 1.21. The van der Waals surface area contributed by atoms with Crippen LogP contribution < -0.4 is 10.1 Å². The lowest BCUT2D eigenvalue weighted by Gasteiger charge is -2.49. The van der Waals surface area contributed by atoms with Crippen LogP contribution in [0.5, 0.6) is 5.75 Å². The second-order valence-electron chi connectivity index (χ2n) is 7.78. The Kier molecular flexibility index (Phi) is 4.88. The third kappa shape index (κ3) is 3.83. The largest absolute Gasteiger partial charge is 0.492 e. The van der Waals surface area contributed by atoms with Gasteiger partial charge in [-0.2, -0.15) is 0 Å². The lowest BCUT2D eigenvalue weighted by Crippen LogP contribution is -2.70. The maximum atomic E-state index is 13.1. The van der Waals surface area contributed by atoms with Crippen molar-refractivity contribution >= 4 is 23.5 Å². The second-order valence-corrected chi connectivity index (χ2v) is 8.19. The molecule has 0 saturated carbocycles. The van der Waals surface area contributed by atoms with Crippen LogP contribution in [0.15, 0.2) is 18.2 Å². The molecule has 0 atom stereocenters. The summed E-state index contributed by atoms with van der Waals surface area (Å²) in [5.74, 6) is 0.529. The van der Waals surface area contributed by atoms with Crippen LogP contribution in [0.3, 0.4) is 0 Å². The van der Waals surface area contributed by atoms with Gasteiger partial charge in [0.1, 0.15) is 11.6 Å². The second kappa shape index (κ2) is 7.19. The van der Waals surface area contributed by atoms with Crippen LogP contribution in [0, 0.1) is 11.7 Å². The number of amides is 3. The van der Waals surface area contributed by atoms with Crippen molar-refractivity contribution in [3.05, 3.63) is 29.0 Å². The number of benzene rings is 1. The normalized spacial score (nSPS) is 21.9. The summed E-state index contributed by atoms with van der Waals surface area (Å²) in [5.41, 5.74) is -0.173. The topological polar surface area (TPSA) is 61.9 Å². The predicted molar refractivity (Wildman–Crippen MR) is 98.3 cm³/mol. The summed E-state index contributed by atoms with van der Waals surface area (Å²) in [7, 11) is 0. The summed E-state index contributed by atoms with van der Waals surface area (Å²) in [6.45, 7) is 3.12. The molecular formula is C19H23ClFN3O3. The summed E-state index contributed by atoms with van der Waals surface area (Å²) in [4.78, 5) is 27.7. The minimum absolute atomic E-state index is 0.0581. The highest BCUT2D eigenvalue weighted by Crippen LogP contribution is 2.32. The highest BCUT2D eigenvalue weighted by atomic mass is 35.5. The van der Waals surface area contributed by atoms with Gasteiger partial charge in [0.05, 0.1) is 17.2 Å². The number of hydrogen-bond acceptors (Lipinski definition) is 3.